The van der Waals surface area contributed by atoms with Crippen molar-refractivity contribution in [3.8, 4) is 0 Å². The minimum atomic E-state index is 0.570. The van der Waals surface area contributed by atoms with E-state index in [0.29, 0.717) is 16.7 Å². The van der Waals surface area contributed by atoms with E-state index in [1.807, 2.05) is 13.0 Å². The first-order valence-corrected chi connectivity index (χ1v) is 4.67. The fourth-order valence-electron chi connectivity index (χ4n) is 1.12. The van der Waals surface area contributed by atoms with Gasteiger partial charge < -0.3 is 4.74 Å². The van der Waals surface area contributed by atoms with Crippen LogP contribution >= 0.6 is 23.2 Å². The first-order chi connectivity index (χ1) is 6.15. The van der Waals surface area contributed by atoms with Crippen LogP contribution in [0.5, 0.6) is 0 Å². The SMILES string of the molecule is COC[C](C)c1cc(Cl)ccc1Cl. The molecule has 0 N–H and O–H groups in total. The molecule has 0 atom stereocenters. The normalized spacial score (nSPS) is 10.8. The molecule has 0 heterocycles. The molecule has 0 unspecified atom stereocenters. The molecule has 0 spiro atoms. The van der Waals surface area contributed by atoms with Gasteiger partial charge in [0.05, 0.1) is 6.61 Å². The molecule has 1 rings (SSSR count). The van der Waals surface area contributed by atoms with Crippen LogP contribution in [0.4, 0.5) is 0 Å². The van der Waals surface area contributed by atoms with Gasteiger partial charge in [-0.3, -0.25) is 0 Å². The molecule has 0 aliphatic heterocycles. The smallest absolute Gasteiger partial charge is 0.0566 e. The summed E-state index contributed by atoms with van der Waals surface area (Å²) in [5, 5.41) is 1.40. The molecule has 0 amide bonds. The topological polar surface area (TPSA) is 9.23 Å². The molecule has 0 aliphatic carbocycles. The van der Waals surface area contributed by atoms with Gasteiger partial charge >= 0.3 is 0 Å². The van der Waals surface area contributed by atoms with Crippen molar-refractivity contribution in [1.29, 1.82) is 0 Å². The predicted molar refractivity (Wildman–Crippen MR) is 56.4 cm³/mol. The summed E-state index contributed by atoms with van der Waals surface area (Å²) >= 11 is 11.8. The molecule has 1 radical (unpaired) electrons. The Morgan fingerprint density at radius 3 is 2.69 bits per heavy atom. The van der Waals surface area contributed by atoms with Crippen molar-refractivity contribution < 1.29 is 4.74 Å². The predicted octanol–water partition coefficient (Wildman–Crippen LogP) is 3.58. The van der Waals surface area contributed by atoms with Crippen molar-refractivity contribution in [2.75, 3.05) is 13.7 Å². The Labute approximate surface area is 88.6 Å². The molecule has 71 valence electrons. The number of hydrogen-bond donors (Lipinski definition) is 0. The van der Waals surface area contributed by atoms with E-state index in [2.05, 4.69) is 0 Å². The van der Waals surface area contributed by atoms with Crippen molar-refractivity contribution in [1.82, 2.24) is 0 Å². The summed E-state index contributed by atoms with van der Waals surface area (Å²) in [6.07, 6.45) is 0. The van der Waals surface area contributed by atoms with E-state index < -0.39 is 0 Å². The second-order valence-corrected chi connectivity index (χ2v) is 3.68. The van der Waals surface area contributed by atoms with Gasteiger partial charge in [0.2, 0.25) is 0 Å². The standard InChI is InChI=1S/C10H11Cl2O/c1-7(6-13-2)9-5-8(11)3-4-10(9)12/h3-5H,6H2,1-2H3. The van der Waals surface area contributed by atoms with E-state index >= 15 is 0 Å². The van der Waals surface area contributed by atoms with Crippen LogP contribution in [0.25, 0.3) is 0 Å². The molecule has 0 saturated carbocycles. The highest BCUT2D eigenvalue weighted by Crippen LogP contribution is 2.26. The maximum atomic E-state index is 5.99. The summed E-state index contributed by atoms with van der Waals surface area (Å²) in [6, 6.07) is 5.41. The highest BCUT2D eigenvalue weighted by Gasteiger charge is 2.10. The molecular formula is C10H11Cl2O. The summed E-state index contributed by atoms with van der Waals surface area (Å²) < 4.78 is 5.01. The van der Waals surface area contributed by atoms with Crippen molar-refractivity contribution in [3.05, 3.63) is 39.7 Å². The zero-order valence-corrected chi connectivity index (χ0v) is 9.12. The lowest BCUT2D eigenvalue weighted by molar-refractivity contribution is 0.214. The summed E-state index contributed by atoms with van der Waals surface area (Å²) in [5.74, 6) is 1.08. The lowest BCUT2D eigenvalue weighted by Crippen LogP contribution is -2.03. The maximum Gasteiger partial charge on any atom is 0.0566 e. The third-order valence-electron chi connectivity index (χ3n) is 1.75. The number of rotatable bonds is 3. The number of methoxy groups -OCH3 is 1. The van der Waals surface area contributed by atoms with Crippen LogP contribution in [-0.4, -0.2) is 13.7 Å². The van der Waals surface area contributed by atoms with E-state index in [1.165, 1.54) is 0 Å². The number of benzene rings is 1. The fourth-order valence-corrected chi connectivity index (χ4v) is 1.57. The Kier molecular flexibility index (Phi) is 4.04. The largest absolute Gasteiger partial charge is 0.384 e. The third kappa shape index (κ3) is 2.87. The number of ether oxygens (including phenoxy) is 1. The van der Waals surface area contributed by atoms with E-state index in [0.717, 1.165) is 11.5 Å². The molecule has 3 heteroatoms. The Balaban J connectivity index is 2.91. The molecule has 13 heavy (non-hydrogen) atoms. The maximum absolute atomic E-state index is 5.99. The van der Waals surface area contributed by atoms with Crippen LogP contribution in [0.2, 0.25) is 10.0 Å². The first kappa shape index (κ1) is 10.8. The van der Waals surface area contributed by atoms with Gasteiger partial charge in [-0.15, -0.1) is 0 Å². The zero-order chi connectivity index (χ0) is 9.84. The van der Waals surface area contributed by atoms with Gasteiger partial charge in [0, 0.05) is 23.1 Å². The summed E-state index contributed by atoms with van der Waals surface area (Å²) in [7, 11) is 1.65. The Morgan fingerprint density at radius 1 is 1.38 bits per heavy atom. The summed E-state index contributed by atoms with van der Waals surface area (Å²) in [5.41, 5.74) is 0.955. The van der Waals surface area contributed by atoms with Crippen LogP contribution in [0.3, 0.4) is 0 Å². The van der Waals surface area contributed by atoms with Crippen LogP contribution in [0.1, 0.15) is 12.5 Å². The second kappa shape index (κ2) is 4.85. The molecule has 0 aromatic heterocycles. The highest BCUT2D eigenvalue weighted by molar-refractivity contribution is 6.33. The van der Waals surface area contributed by atoms with Gasteiger partial charge in [0.15, 0.2) is 0 Å². The van der Waals surface area contributed by atoms with Gasteiger partial charge in [-0.05, 0) is 23.8 Å². The minimum Gasteiger partial charge on any atom is -0.384 e. The van der Waals surface area contributed by atoms with Crippen LogP contribution in [0.15, 0.2) is 18.2 Å². The van der Waals surface area contributed by atoms with Crippen molar-refractivity contribution >= 4 is 23.2 Å². The van der Waals surface area contributed by atoms with Gasteiger partial charge in [0.1, 0.15) is 0 Å². The summed E-state index contributed by atoms with van der Waals surface area (Å²) in [4.78, 5) is 0. The van der Waals surface area contributed by atoms with Crippen molar-refractivity contribution in [2.45, 2.75) is 6.92 Å². The van der Waals surface area contributed by atoms with E-state index in [4.69, 9.17) is 27.9 Å². The Hall–Kier alpha value is -0.240. The van der Waals surface area contributed by atoms with Gasteiger partial charge in [-0.2, -0.15) is 0 Å². The van der Waals surface area contributed by atoms with Gasteiger partial charge in [0.25, 0.3) is 0 Å². The minimum absolute atomic E-state index is 0.570. The molecule has 1 aromatic carbocycles. The molecule has 1 nitrogen and oxygen atoms in total. The molecule has 0 saturated heterocycles. The number of halogens is 2. The summed E-state index contributed by atoms with van der Waals surface area (Å²) in [6.45, 7) is 2.54. The lowest BCUT2D eigenvalue weighted by atomic mass is 10.0. The Morgan fingerprint density at radius 2 is 2.08 bits per heavy atom. The average Bonchev–Trinajstić information content (AvgIpc) is 2.09. The van der Waals surface area contributed by atoms with Crippen molar-refractivity contribution in [3.63, 3.8) is 0 Å². The van der Waals surface area contributed by atoms with Crippen LogP contribution in [-0.2, 0) is 4.74 Å². The van der Waals surface area contributed by atoms with Crippen LogP contribution in [0, 0.1) is 5.92 Å². The first-order valence-electron chi connectivity index (χ1n) is 3.92. The fraction of sp³-hybridized carbons (Fsp3) is 0.300. The quantitative estimate of drug-likeness (QED) is 0.753. The molecule has 0 bridgehead atoms. The van der Waals surface area contributed by atoms with Gasteiger partial charge in [-0.25, -0.2) is 0 Å². The molecule has 0 fully saturated rings. The number of hydrogen-bond acceptors (Lipinski definition) is 1. The molecule has 1 aromatic rings. The lowest BCUT2D eigenvalue weighted by Gasteiger charge is -2.11. The molecule has 0 aliphatic rings. The highest BCUT2D eigenvalue weighted by atomic mass is 35.5. The zero-order valence-electron chi connectivity index (χ0n) is 7.60. The third-order valence-corrected chi connectivity index (χ3v) is 2.31. The molecular weight excluding hydrogens is 207 g/mol. The van der Waals surface area contributed by atoms with Crippen LogP contribution < -0.4 is 0 Å². The van der Waals surface area contributed by atoms with E-state index in [1.54, 1.807) is 19.2 Å². The second-order valence-electron chi connectivity index (χ2n) is 2.84. The van der Waals surface area contributed by atoms with Crippen molar-refractivity contribution in [2.24, 2.45) is 0 Å². The monoisotopic (exact) mass is 217 g/mol. The van der Waals surface area contributed by atoms with E-state index in [-0.39, 0.29) is 0 Å². The van der Waals surface area contributed by atoms with Gasteiger partial charge in [-0.1, -0.05) is 30.1 Å². The Bertz CT molecular complexity index is 286. The average molecular weight is 218 g/mol. The van der Waals surface area contributed by atoms with E-state index in [9.17, 15) is 0 Å².